The van der Waals surface area contributed by atoms with Gasteiger partial charge in [0.05, 0.1) is 21.5 Å². The van der Waals surface area contributed by atoms with Crippen LogP contribution in [0.1, 0.15) is 20.1 Å². The molecule has 168 valence electrons. The second-order valence-electron chi connectivity index (χ2n) is 6.68. The number of H-pyrrole nitrogens is 1. The average molecular weight is 462 g/mol. The van der Waals surface area contributed by atoms with Crippen molar-refractivity contribution in [1.29, 1.82) is 0 Å². The minimum absolute atomic E-state index is 0.0397. The quantitative estimate of drug-likeness (QED) is 0.432. The summed E-state index contributed by atoms with van der Waals surface area (Å²) >= 11 is 0. The molecule has 12 nitrogen and oxygen atoms in total. The van der Waals surface area contributed by atoms with Crippen LogP contribution in [0.15, 0.2) is 40.1 Å². The maximum atomic E-state index is 15.7. The van der Waals surface area contributed by atoms with Crippen LogP contribution in [0.2, 0.25) is 0 Å². The van der Waals surface area contributed by atoms with E-state index in [4.69, 9.17) is 21.0 Å². The second-order valence-corrected chi connectivity index (χ2v) is 8.20. The number of para-hydroxylation sites is 1. The van der Waals surface area contributed by atoms with E-state index in [0.29, 0.717) is 10.1 Å². The van der Waals surface area contributed by atoms with Crippen molar-refractivity contribution < 1.29 is 45.3 Å². The van der Waals surface area contributed by atoms with Gasteiger partial charge in [-0.1, -0.05) is 18.2 Å². The highest BCUT2D eigenvalue weighted by Gasteiger charge is 2.57. The molecule has 5 atom stereocenters. The van der Waals surface area contributed by atoms with Crippen LogP contribution in [0, 0.1) is 0 Å². The second kappa shape index (κ2) is 7.95. The topological polar surface area (TPSA) is 170 Å². The average Bonchev–Trinajstić information content (AvgIpc) is 2.98. The highest BCUT2D eigenvalue weighted by atomic mass is 31.2. The summed E-state index contributed by atoms with van der Waals surface area (Å²) in [6, 6.07) is 6.16. The number of aromatic amines is 1. The lowest BCUT2D eigenvalue weighted by Gasteiger charge is -2.28. The van der Waals surface area contributed by atoms with E-state index in [2.05, 4.69) is 0 Å². The number of aliphatic hydroxyl groups excluding tert-OH is 3. The molecule has 0 bridgehead atoms. The summed E-state index contributed by atoms with van der Waals surface area (Å²) in [5, 5.41) is 29.7. The number of phosphoric ester groups is 1. The third-order valence-corrected chi connectivity index (χ3v) is 5.81. The van der Waals surface area contributed by atoms with Crippen LogP contribution in [-0.4, -0.2) is 49.5 Å². The Hall–Kier alpha value is -2.38. The monoisotopic (exact) mass is 462 g/mol. The van der Waals surface area contributed by atoms with Crippen LogP contribution >= 0.6 is 7.82 Å². The molecule has 2 aliphatic rings. The number of hydrogen-bond acceptors (Lipinski definition) is 10. The molecule has 0 spiro atoms. The van der Waals surface area contributed by atoms with Gasteiger partial charge in [-0.3, -0.25) is 23.4 Å². The molecule has 2 aliphatic heterocycles. The van der Waals surface area contributed by atoms with E-state index in [9.17, 15) is 29.5 Å². The first-order valence-corrected chi connectivity index (χ1v) is 10.3. The molecule has 31 heavy (non-hydrogen) atoms. The molecule has 0 saturated carbocycles. The van der Waals surface area contributed by atoms with Gasteiger partial charge < -0.3 is 24.6 Å². The number of aliphatic hydroxyl groups is 3. The summed E-state index contributed by atoms with van der Waals surface area (Å²) in [5.74, 6) is -3.84. The Morgan fingerprint density at radius 3 is 2.87 bits per heavy atom. The van der Waals surface area contributed by atoms with Crippen molar-refractivity contribution in [3.8, 4) is 5.75 Å². The number of halogens is 1. The van der Waals surface area contributed by atoms with Gasteiger partial charge in [0.15, 0.2) is 6.23 Å². The summed E-state index contributed by atoms with van der Waals surface area (Å²) in [6.45, 7) is -4.88. The fourth-order valence-electron chi connectivity index (χ4n) is 3.00. The van der Waals surface area contributed by atoms with Gasteiger partial charge in [-0.2, -0.15) is 0 Å². The van der Waals surface area contributed by atoms with E-state index in [1.165, 1.54) is 12.1 Å². The summed E-state index contributed by atoms with van der Waals surface area (Å²) < 4.78 is 64.5. The van der Waals surface area contributed by atoms with Crippen LogP contribution in [0.25, 0.3) is 0 Å². The first kappa shape index (κ1) is 19.3. The minimum Gasteiger partial charge on any atom is -0.404 e. The zero-order valence-electron chi connectivity index (χ0n) is 17.5. The van der Waals surface area contributed by atoms with Crippen molar-refractivity contribution in [2.75, 3.05) is 6.56 Å². The number of fused-ring (bicyclic) bond motifs is 1. The Morgan fingerprint density at radius 2 is 2.13 bits per heavy atom. The number of hydrogen-bond donors (Lipinski definition) is 4. The predicted octanol–water partition coefficient (Wildman–Crippen LogP) is -0.321. The molecule has 1 unspecified atom stereocenters. The fourth-order valence-corrected chi connectivity index (χ4v) is 4.09. The molecule has 0 aliphatic carbocycles. The lowest BCUT2D eigenvalue weighted by molar-refractivity contribution is -0.205. The highest BCUT2D eigenvalue weighted by Crippen LogP contribution is 2.55. The van der Waals surface area contributed by atoms with Crippen molar-refractivity contribution in [2.45, 2.75) is 37.5 Å². The number of alkyl halides is 1. The summed E-state index contributed by atoms with van der Waals surface area (Å²) in [7, 11) is -4.77. The molecule has 14 heteroatoms. The van der Waals surface area contributed by atoms with Gasteiger partial charge in [-0.15, -0.1) is 0 Å². The number of nitrogens with zero attached hydrogens (tertiary/aromatic N) is 1. The Kier molecular flexibility index (Phi) is 4.95. The Morgan fingerprint density at radius 1 is 1.39 bits per heavy atom. The molecular weight excluding hydrogens is 442 g/mol. The molecule has 4 rings (SSSR count). The highest BCUT2D eigenvalue weighted by molar-refractivity contribution is 7.49. The molecule has 2 aromatic rings. The first-order chi connectivity index (χ1) is 15.4. The number of benzene rings is 1. The van der Waals surface area contributed by atoms with Crippen molar-refractivity contribution in [2.24, 2.45) is 0 Å². The van der Waals surface area contributed by atoms with Crippen molar-refractivity contribution in [3.63, 3.8) is 0 Å². The Labute approximate surface area is 175 Å². The lowest BCUT2D eigenvalue weighted by atomic mass is 10.1. The maximum Gasteiger partial charge on any atom is 0.530 e. The Bertz CT molecular complexity index is 1240. The lowest BCUT2D eigenvalue weighted by Crippen LogP contribution is -2.43. The van der Waals surface area contributed by atoms with Gasteiger partial charge in [0.1, 0.15) is 24.5 Å². The predicted molar refractivity (Wildman–Crippen MR) is 98.6 cm³/mol. The fraction of sp³-hybridized carbons (Fsp3) is 0.412. The molecule has 3 heterocycles. The summed E-state index contributed by atoms with van der Waals surface area (Å²) in [6.07, 6.45) is -6.22. The largest absolute Gasteiger partial charge is 0.530 e. The van der Waals surface area contributed by atoms with Crippen molar-refractivity contribution in [3.05, 3.63) is 62.4 Å². The molecule has 1 aromatic carbocycles. The van der Waals surface area contributed by atoms with Gasteiger partial charge in [0.2, 0.25) is 0 Å². The Balaban J connectivity index is 1.64. The molecule has 0 amide bonds. The van der Waals surface area contributed by atoms with E-state index in [-0.39, 0.29) is 17.9 Å². The van der Waals surface area contributed by atoms with Crippen LogP contribution < -0.4 is 15.8 Å². The van der Waals surface area contributed by atoms with Gasteiger partial charge in [0.25, 0.3) is 11.4 Å². The molecular formula is C17H18FN2O10P. The number of rotatable bonds is 5. The smallest absolute Gasteiger partial charge is 0.404 e. The van der Waals surface area contributed by atoms with E-state index in [1.54, 1.807) is 17.1 Å². The molecule has 4 N–H and O–H groups in total. The van der Waals surface area contributed by atoms with E-state index >= 15 is 4.39 Å². The van der Waals surface area contributed by atoms with E-state index < -0.39 is 56.5 Å². The number of nitrogens with one attached hydrogen (secondary N) is 1. The zero-order valence-corrected chi connectivity index (χ0v) is 16.4. The molecule has 1 saturated heterocycles. The molecule has 1 fully saturated rings. The summed E-state index contributed by atoms with van der Waals surface area (Å²) in [4.78, 5) is 25.5. The van der Waals surface area contributed by atoms with Crippen LogP contribution in [0.4, 0.5) is 4.39 Å². The SMILES string of the molecule is [2H]C([2H])(OP1(=O)OCc2ccccc2O1)[C@@]1(F)O[C@@H](n2cc(CO)c(=O)[nH]c2=O)[C@H](O)[C@@H]1O. The summed E-state index contributed by atoms with van der Waals surface area (Å²) in [5.41, 5.74) is -2.06. The number of aromatic nitrogens is 2. The third-order valence-electron chi connectivity index (χ3n) is 4.63. The van der Waals surface area contributed by atoms with Gasteiger partial charge in [-0.25, -0.2) is 13.8 Å². The van der Waals surface area contributed by atoms with Crippen molar-refractivity contribution >= 4 is 7.82 Å². The zero-order chi connectivity index (χ0) is 24.2. The first-order valence-electron chi connectivity index (χ1n) is 9.82. The molecule has 1 aromatic heterocycles. The normalized spacial score (nSPS) is 33.9. The van der Waals surface area contributed by atoms with E-state index in [0.717, 1.165) is 6.20 Å². The number of phosphoric acid groups is 1. The van der Waals surface area contributed by atoms with Crippen molar-refractivity contribution in [1.82, 2.24) is 9.55 Å². The molecule has 0 radical (unpaired) electrons. The van der Waals surface area contributed by atoms with Gasteiger partial charge in [0, 0.05) is 11.8 Å². The van der Waals surface area contributed by atoms with Crippen LogP contribution in [0.5, 0.6) is 5.75 Å². The van der Waals surface area contributed by atoms with E-state index in [1.807, 2.05) is 0 Å². The third kappa shape index (κ3) is 3.96. The maximum absolute atomic E-state index is 15.7. The van der Waals surface area contributed by atoms with Crippen LogP contribution in [-0.2, 0) is 31.6 Å². The number of ether oxygens (including phenoxy) is 1. The van der Waals surface area contributed by atoms with Gasteiger partial charge in [-0.05, 0) is 6.07 Å². The minimum atomic E-state index is -4.77. The van der Waals surface area contributed by atoms with Gasteiger partial charge >= 0.3 is 13.5 Å². The van der Waals surface area contributed by atoms with Crippen LogP contribution in [0.3, 0.4) is 0 Å². The standard InChI is InChI=1S/C17H18FN2O10P/c18-17(8-28-31(26)27-7-9-3-1-2-4-11(9)30-31)13(23)12(22)15(29-17)20-5-10(6-21)14(24)19-16(20)25/h1-5,12-13,15,21-23H,6-8H2,(H,19,24,25)/t12-,13+,15-,17-,31?/m1/s1/i8D2.